The number of carbonyl (C=O) groups excluding carboxylic acids is 4. The molecular weight excluding hydrogens is 895 g/mol. The minimum Gasteiger partial charge on any atom is -0.341 e. The molecule has 2 saturated carbocycles. The number of hydrogen-bond acceptors (Lipinski definition) is 12. The van der Waals surface area contributed by atoms with Crippen molar-refractivity contribution in [1.82, 2.24) is 9.80 Å². The zero-order valence-electron chi connectivity index (χ0n) is 36.5. The lowest BCUT2D eigenvalue weighted by atomic mass is 9.75. The first-order chi connectivity index (χ1) is 30.6. The highest BCUT2D eigenvalue weighted by Gasteiger charge is 2.61. The van der Waals surface area contributed by atoms with Crippen LogP contribution in [-0.4, -0.2) is 102 Å². The molecule has 2 aromatic carbocycles. The number of amides is 2. The first-order valence-electron chi connectivity index (χ1n) is 22.2. The summed E-state index contributed by atoms with van der Waals surface area (Å²) in [5, 5.41) is 5.84. The van der Waals surface area contributed by atoms with Gasteiger partial charge in [0, 0.05) is 37.0 Å². The van der Waals surface area contributed by atoms with Crippen LogP contribution in [0.3, 0.4) is 0 Å². The van der Waals surface area contributed by atoms with E-state index in [1.54, 1.807) is 9.80 Å². The highest BCUT2D eigenvalue weighted by molar-refractivity contribution is 7.92. The number of hydrogen-bond donors (Lipinski definition) is 2. The number of carbonyl (C=O) groups is 4. The van der Waals surface area contributed by atoms with E-state index in [0.29, 0.717) is 25.9 Å². The van der Waals surface area contributed by atoms with Gasteiger partial charge in [-0.25, -0.2) is 12.7 Å². The standard InChI is InChI=1S/C45H51N7O10S3/c1-22(2)14-16-50-38-26-8-6-24(18-26)34(38)40(53)36(44(50)55)42-46-30-12-10-28(20-32(30)64(59,60)48-42)52(63(5,57)58)29-11-13-31-33(21-29)65(61,62)49-43(47-31)37-41(54)35-25-7-9-27(19-25)39(35)51(45(37)56)17-15-23(3)4/h6-13,20-27,34-39H,14-19H2,1-5H3,(H,46,48)(H,47,49). The number of rotatable bonds is 11. The van der Waals surface area contributed by atoms with Crippen LogP contribution in [-0.2, 0) is 49.2 Å². The molecule has 2 aromatic rings. The Morgan fingerprint density at radius 1 is 0.646 bits per heavy atom. The van der Waals surface area contributed by atoms with Crippen molar-refractivity contribution >= 4 is 87.9 Å². The quantitative estimate of drug-likeness (QED) is 0.237. The molecule has 2 N–H and O–H groups in total. The minimum absolute atomic E-state index is 0.0297. The SMILES string of the molecule is CC(C)CCN1C(=O)C(C2=NS(=O)(=O)c3cc(N(c4ccc5c(c4)S(=O)(=O)N=C(C4C(=O)C6C7C=CC(C7)C6N(CCC(C)C)C4=O)N5)S(C)(=O)=O)ccc3N2)C(=O)C2C3C=CC(C3)C21. The molecule has 4 heterocycles. The number of amidine groups is 2. The van der Waals surface area contributed by atoms with E-state index >= 15 is 0 Å². The second kappa shape index (κ2) is 15.2. The minimum atomic E-state index is -4.64. The van der Waals surface area contributed by atoms with Gasteiger partial charge in [0.1, 0.15) is 21.5 Å². The van der Waals surface area contributed by atoms with Crippen LogP contribution in [0.2, 0.25) is 0 Å². The second-order valence-corrected chi connectivity index (χ2v) is 24.5. The molecule has 17 nitrogen and oxygen atoms in total. The van der Waals surface area contributed by atoms with Gasteiger partial charge in [0.25, 0.3) is 20.0 Å². The fourth-order valence-electron chi connectivity index (χ4n) is 11.6. The van der Waals surface area contributed by atoms with Crippen molar-refractivity contribution in [2.75, 3.05) is 34.3 Å². The fraction of sp³-hybridized carbons (Fsp3) is 0.511. The number of benzene rings is 2. The van der Waals surface area contributed by atoms with Crippen molar-refractivity contribution in [3.8, 4) is 0 Å². The molecule has 10 atom stereocenters. The molecule has 0 radical (unpaired) electrons. The van der Waals surface area contributed by atoms with Crippen LogP contribution >= 0.6 is 0 Å². The Balaban J connectivity index is 0.949. The van der Waals surface area contributed by atoms with Gasteiger partial charge in [0.2, 0.25) is 21.8 Å². The lowest BCUT2D eigenvalue weighted by Gasteiger charge is -2.44. The third-order valence-corrected chi connectivity index (χ3v) is 18.3. The molecule has 10 unspecified atom stereocenters. The van der Waals surface area contributed by atoms with Crippen molar-refractivity contribution < 1.29 is 44.4 Å². The van der Waals surface area contributed by atoms with Gasteiger partial charge in [0.15, 0.2) is 23.4 Å². The zero-order valence-corrected chi connectivity index (χ0v) is 38.9. The number of piperidine rings is 2. The monoisotopic (exact) mass is 945 g/mol. The van der Waals surface area contributed by atoms with Gasteiger partial charge in [-0.1, -0.05) is 52.0 Å². The average molecular weight is 946 g/mol. The van der Waals surface area contributed by atoms with E-state index in [1.807, 2.05) is 39.8 Å². The van der Waals surface area contributed by atoms with Gasteiger partial charge in [-0.3, -0.25) is 19.2 Å². The smallest absolute Gasteiger partial charge is 0.286 e. The summed E-state index contributed by atoms with van der Waals surface area (Å²) in [7, 11) is -13.6. The van der Waals surface area contributed by atoms with E-state index in [1.165, 1.54) is 24.3 Å². The molecule has 4 fully saturated rings. The van der Waals surface area contributed by atoms with E-state index in [9.17, 15) is 44.4 Å². The number of fused-ring (bicyclic) bond motifs is 12. The number of nitrogens with one attached hydrogen (secondary N) is 2. The molecule has 0 spiro atoms. The fourth-order valence-corrected chi connectivity index (χ4v) is 15.0. The van der Waals surface area contributed by atoms with Gasteiger partial charge in [-0.2, -0.15) is 16.8 Å². The normalized spacial score (nSPS) is 32.2. The summed E-state index contributed by atoms with van der Waals surface area (Å²) in [6, 6.07) is 6.77. The van der Waals surface area contributed by atoms with Crippen LogP contribution in [0.1, 0.15) is 53.4 Å². The molecule has 4 aliphatic heterocycles. The molecule has 0 aromatic heterocycles. The van der Waals surface area contributed by atoms with Crippen molar-refractivity contribution in [2.24, 2.45) is 68.0 Å². The Kier molecular flexibility index (Phi) is 10.2. The first kappa shape index (κ1) is 43.7. The summed E-state index contributed by atoms with van der Waals surface area (Å²) in [6.07, 6.45) is 11.8. The average Bonchev–Trinajstić information content (AvgIpc) is 4.03. The van der Waals surface area contributed by atoms with Crippen molar-refractivity contribution in [3.63, 3.8) is 0 Å². The highest BCUT2D eigenvalue weighted by Crippen LogP contribution is 2.52. The molecule has 2 amide bonds. The van der Waals surface area contributed by atoms with Crippen LogP contribution in [0.4, 0.5) is 22.7 Å². The molecule has 8 aliphatic rings. The Hall–Kier alpha value is -5.21. The second-order valence-electron chi connectivity index (χ2n) is 19.6. The van der Waals surface area contributed by atoms with Crippen LogP contribution in [0.5, 0.6) is 0 Å². The van der Waals surface area contributed by atoms with E-state index in [0.717, 1.165) is 35.5 Å². The number of Topliss-reactive ketones (excluding diaryl/α,β-unsaturated/α-hetero) is 2. The maximum absolute atomic E-state index is 14.2. The predicted molar refractivity (Wildman–Crippen MR) is 242 cm³/mol. The lowest BCUT2D eigenvalue weighted by molar-refractivity contribution is -0.152. The van der Waals surface area contributed by atoms with Crippen LogP contribution in [0.25, 0.3) is 0 Å². The summed E-state index contributed by atoms with van der Waals surface area (Å²) in [6.45, 7) is 8.97. The number of allylic oxidation sites excluding steroid dienone is 2. The van der Waals surface area contributed by atoms with Gasteiger partial charge in [0.05, 0.1) is 29.0 Å². The van der Waals surface area contributed by atoms with Crippen molar-refractivity contribution in [2.45, 2.75) is 75.3 Å². The molecule has 2 saturated heterocycles. The number of sulfonamides is 3. The van der Waals surface area contributed by atoms with E-state index in [2.05, 4.69) is 31.6 Å². The molecular formula is C45H51N7O10S3. The summed E-state index contributed by atoms with van der Waals surface area (Å²) in [5.74, 6) is -5.90. The van der Waals surface area contributed by atoms with Crippen LogP contribution in [0.15, 0.2) is 79.3 Å². The maximum atomic E-state index is 14.2. The van der Waals surface area contributed by atoms with Gasteiger partial charge >= 0.3 is 0 Å². The summed E-state index contributed by atoms with van der Waals surface area (Å²) in [4.78, 5) is 59.3. The molecule has 10 rings (SSSR count). The molecule has 4 aliphatic carbocycles. The molecule has 344 valence electrons. The van der Waals surface area contributed by atoms with E-state index in [4.69, 9.17) is 0 Å². The molecule has 4 bridgehead atoms. The van der Waals surface area contributed by atoms with Crippen molar-refractivity contribution in [3.05, 3.63) is 60.7 Å². The number of ketones is 2. The summed E-state index contributed by atoms with van der Waals surface area (Å²) in [5.41, 5.74) is -0.427. The Labute approximate surface area is 378 Å². The summed E-state index contributed by atoms with van der Waals surface area (Å²) < 4.78 is 91.9. The number of likely N-dealkylation sites (tertiary alicyclic amines) is 2. The third kappa shape index (κ3) is 6.98. The van der Waals surface area contributed by atoms with Gasteiger partial charge in [-0.05, 0) is 97.6 Å². The highest BCUT2D eigenvalue weighted by atomic mass is 32.2. The third-order valence-electron chi connectivity index (χ3n) is 14.5. The van der Waals surface area contributed by atoms with Crippen LogP contribution in [0, 0.1) is 59.2 Å². The number of nitrogens with zero attached hydrogens (tertiary/aromatic N) is 5. The van der Waals surface area contributed by atoms with Crippen molar-refractivity contribution in [1.29, 1.82) is 0 Å². The predicted octanol–water partition coefficient (Wildman–Crippen LogP) is 4.34. The zero-order chi connectivity index (χ0) is 46.2. The summed E-state index contributed by atoms with van der Waals surface area (Å²) >= 11 is 0. The molecule has 20 heteroatoms. The van der Waals surface area contributed by atoms with Gasteiger partial charge in [-0.15, -0.1) is 8.80 Å². The lowest BCUT2D eigenvalue weighted by Crippen LogP contribution is -2.61. The van der Waals surface area contributed by atoms with Crippen LogP contribution < -0.4 is 14.9 Å². The Morgan fingerprint density at radius 3 is 1.40 bits per heavy atom. The number of anilines is 4. The van der Waals surface area contributed by atoms with E-state index < -0.39 is 75.3 Å². The topological polar surface area (TPSA) is 229 Å². The molecule has 65 heavy (non-hydrogen) atoms. The Bertz CT molecular complexity index is 2760. The maximum Gasteiger partial charge on any atom is 0.286 e. The largest absolute Gasteiger partial charge is 0.341 e. The van der Waals surface area contributed by atoms with Gasteiger partial charge < -0.3 is 20.4 Å². The Morgan fingerprint density at radius 2 is 1.03 bits per heavy atom. The van der Waals surface area contributed by atoms with E-state index in [-0.39, 0.29) is 93.6 Å². The first-order valence-corrected chi connectivity index (χ1v) is 26.9.